The van der Waals surface area contributed by atoms with Crippen molar-refractivity contribution in [1.29, 1.82) is 0 Å². The molecule has 1 saturated heterocycles. The molecule has 3 aromatic rings. The number of hydrogen-bond donors (Lipinski definition) is 2. The third kappa shape index (κ3) is 3.83. The van der Waals surface area contributed by atoms with Gasteiger partial charge in [-0.2, -0.15) is 5.10 Å². The molecular formula is C20H21N5O2. The van der Waals surface area contributed by atoms with Crippen LogP contribution in [-0.4, -0.2) is 33.8 Å². The minimum atomic E-state index is -0.181. The molecule has 1 aliphatic heterocycles. The Morgan fingerprint density at radius 2 is 2.07 bits per heavy atom. The summed E-state index contributed by atoms with van der Waals surface area (Å²) < 4.78 is 7.66. The first kappa shape index (κ1) is 17.2. The van der Waals surface area contributed by atoms with Crippen molar-refractivity contribution in [1.82, 2.24) is 20.1 Å². The van der Waals surface area contributed by atoms with Gasteiger partial charge in [0, 0.05) is 44.5 Å². The number of amides is 1. The number of nitrogens with one attached hydrogen (secondary N) is 2. The molecule has 0 bridgehead atoms. The van der Waals surface area contributed by atoms with Crippen molar-refractivity contribution in [3.63, 3.8) is 0 Å². The predicted octanol–water partition coefficient (Wildman–Crippen LogP) is 2.55. The lowest BCUT2D eigenvalue weighted by atomic mass is 9.90. The molecule has 2 N–H and O–H groups in total. The molecule has 0 aliphatic carbocycles. The van der Waals surface area contributed by atoms with Gasteiger partial charge in [0.15, 0.2) is 5.75 Å². The smallest absolute Gasteiger partial charge is 0.229 e. The van der Waals surface area contributed by atoms with Gasteiger partial charge in [-0.25, -0.2) is 0 Å². The number of hydrogen-bond acceptors (Lipinski definition) is 5. The summed E-state index contributed by atoms with van der Waals surface area (Å²) in [5.74, 6) is 1.12. The number of aryl methyl sites for hydroxylation is 1. The van der Waals surface area contributed by atoms with Crippen LogP contribution in [0, 0.1) is 5.92 Å². The van der Waals surface area contributed by atoms with Crippen LogP contribution in [0.5, 0.6) is 11.5 Å². The van der Waals surface area contributed by atoms with Crippen LogP contribution in [0.3, 0.4) is 0 Å². The molecule has 2 aromatic heterocycles. The number of anilines is 1. The summed E-state index contributed by atoms with van der Waals surface area (Å²) in [6, 6.07) is 11.2. The van der Waals surface area contributed by atoms with Crippen LogP contribution >= 0.6 is 0 Å². The maximum Gasteiger partial charge on any atom is 0.229 e. The van der Waals surface area contributed by atoms with E-state index >= 15 is 0 Å². The fraction of sp³-hybridized carbons (Fsp3) is 0.250. The summed E-state index contributed by atoms with van der Waals surface area (Å²) in [5, 5.41) is 10.5. The average molecular weight is 363 g/mol. The van der Waals surface area contributed by atoms with E-state index in [1.165, 1.54) is 0 Å². The van der Waals surface area contributed by atoms with Crippen LogP contribution < -0.4 is 15.4 Å². The van der Waals surface area contributed by atoms with Crippen molar-refractivity contribution in [2.75, 3.05) is 18.4 Å². The normalized spacial score (nSPS) is 19.0. The average Bonchev–Trinajstić information content (AvgIpc) is 3.33. The van der Waals surface area contributed by atoms with E-state index in [-0.39, 0.29) is 17.7 Å². The fourth-order valence-electron chi connectivity index (χ4n) is 3.34. The molecular weight excluding hydrogens is 342 g/mol. The summed E-state index contributed by atoms with van der Waals surface area (Å²) in [7, 11) is 1.88. The van der Waals surface area contributed by atoms with E-state index in [0.29, 0.717) is 23.7 Å². The van der Waals surface area contributed by atoms with Gasteiger partial charge in [0.25, 0.3) is 0 Å². The largest absolute Gasteiger partial charge is 0.455 e. The highest BCUT2D eigenvalue weighted by molar-refractivity contribution is 5.94. The molecule has 4 rings (SSSR count). The second kappa shape index (κ2) is 7.59. The molecule has 27 heavy (non-hydrogen) atoms. The van der Waals surface area contributed by atoms with E-state index in [2.05, 4.69) is 20.7 Å². The summed E-state index contributed by atoms with van der Waals surface area (Å²) in [4.78, 5) is 17.1. The minimum Gasteiger partial charge on any atom is -0.455 e. The van der Waals surface area contributed by atoms with Gasteiger partial charge in [-0.1, -0.05) is 18.2 Å². The Hall–Kier alpha value is -3.19. The molecule has 7 heteroatoms. The monoisotopic (exact) mass is 363 g/mol. The Balaban J connectivity index is 1.51. The van der Waals surface area contributed by atoms with Gasteiger partial charge in [0.05, 0.1) is 18.3 Å². The van der Waals surface area contributed by atoms with Gasteiger partial charge < -0.3 is 15.4 Å². The highest BCUT2D eigenvalue weighted by Gasteiger charge is 2.35. The number of rotatable bonds is 5. The molecule has 3 heterocycles. The van der Waals surface area contributed by atoms with Crippen molar-refractivity contribution in [2.24, 2.45) is 13.0 Å². The van der Waals surface area contributed by atoms with Crippen molar-refractivity contribution >= 4 is 11.6 Å². The van der Waals surface area contributed by atoms with E-state index in [1.54, 1.807) is 23.1 Å². The number of carbonyl (C=O) groups excluding carboxylic acids is 1. The quantitative estimate of drug-likeness (QED) is 0.728. The van der Waals surface area contributed by atoms with E-state index in [4.69, 9.17) is 4.74 Å². The van der Waals surface area contributed by atoms with Gasteiger partial charge >= 0.3 is 0 Å². The number of ether oxygens (including phenoxy) is 1. The zero-order valence-electron chi connectivity index (χ0n) is 15.0. The second-order valence-electron chi connectivity index (χ2n) is 6.59. The van der Waals surface area contributed by atoms with Crippen LogP contribution in [0.25, 0.3) is 0 Å². The van der Waals surface area contributed by atoms with Gasteiger partial charge in [0.1, 0.15) is 11.4 Å². The maximum absolute atomic E-state index is 12.9. The van der Waals surface area contributed by atoms with Crippen LogP contribution in [0.2, 0.25) is 0 Å². The first-order valence-electron chi connectivity index (χ1n) is 8.88. The molecule has 138 valence electrons. The number of benzene rings is 1. The van der Waals surface area contributed by atoms with Crippen molar-refractivity contribution < 1.29 is 9.53 Å². The fourth-order valence-corrected chi connectivity index (χ4v) is 3.34. The van der Waals surface area contributed by atoms with Gasteiger partial charge in [0.2, 0.25) is 5.91 Å². The topological polar surface area (TPSA) is 81.1 Å². The van der Waals surface area contributed by atoms with Crippen LogP contribution in [-0.2, 0) is 11.8 Å². The number of aromatic nitrogens is 3. The van der Waals surface area contributed by atoms with Crippen molar-refractivity contribution in [3.05, 3.63) is 66.7 Å². The highest BCUT2D eigenvalue weighted by atomic mass is 16.5. The van der Waals surface area contributed by atoms with E-state index < -0.39 is 0 Å². The van der Waals surface area contributed by atoms with E-state index in [0.717, 1.165) is 12.1 Å². The molecule has 1 fully saturated rings. The number of nitrogens with zero attached hydrogens (tertiary/aromatic N) is 3. The first-order chi connectivity index (χ1) is 13.2. The van der Waals surface area contributed by atoms with Gasteiger partial charge in [-0.05, 0) is 17.7 Å². The molecule has 0 unspecified atom stereocenters. The Labute approximate surface area is 157 Å². The Morgan fingerprint density at radius 1 is 1.22 bits per heavy atom. The maximum atomic E-state index is 12.9. The summed E-state index contributed by atoms with van der Waals surface area (Å²) in [6.45, 7) is 1.38. The van der Waals surface area contributed by atoms with E-state index in [9.17, 15) is 4.79 Å². The predicted molar refractivity (Wildman–Crippen MR) is 102 cm³/mol. The second-order valence-corrected chi connectivity index (χ2v) is 6.59. The number of para-hydroxylation sites is 1. The van der Waals surface area contributed by atoms with Crippen LogP contribution in [0.15, 0.2) is 61.2 Å². The Kier molecular flexibility index (Phi) is 4.84. The molecule has 7 nitrogen and oxygen atoms in total. The molecule has 0 radical (unpaired) electrons. The minimum absolute atomic E-state index is 0.0558. The molecule has 0 spiro atoms. The van der Waals surface area contributed by atoms with Crippen LogP contribution in [0.1, 0.15) is 11.5 Å². The zero-order valence-corrected chi connectivity index (χ0v) is 15.0. The molecule has 1 aliphatic rings. The summed E-state index contributed by atoms with van der Waals surface area (Å²) in [5.41, 5.74) is 1.62. The van der Waals surface area contributed by atoms with Gasteiger partial charge in [-0.15, -0.1) is 0 Å². The lowest BCUT2D eigenvalue weighted by molar-refractivity contribution is -0.119. The Morgan fingerprint density at radius 3 is 2.85 bits per heavy atom. The molecule has 1 amide bonds. The summed E-state index contributed by atoms with van der Waals surface area (Å²) in [6.07, 6.45) is 7.04. The van der Waals surface area contributed by atoms with E-state index in [1.807, 2.05) is 49.8 Å². The standard InChI is InChI=1S/C20H21N5O2/c1-25-13-14(9-23-25)16-10-22-11-17(16)20(26)24-18-12-21-8-7-19(18)27-15-5-3-2-4-6-15/h2-9,12-13,16-17,22H,10-11H2,1H3,(H,24,26)/t16-,17+/m1/s1. The summed E-state index contributed by atoms with van der Waals surface area (Å²) >= 11 is 0. The van der Waals surface area contributed by atoms with Crippen LogP contribution in [0.4, 0.5) is 5.69 Å². The third-order valence-corrected chi connectivity index (χ3v) is 4.71. The van der Waals surface area contributed by atoms with Gasteiger partial charge in [-0.3, -0.25) is 14.5 Å². The SMILES string of the molecule is Cn1cc([C@H]2CNC[C@@H]2C(=O)Nc2cnccc2Oc2ccccc2)cn1. The number of carbonyl (C=O) groups is 1. The first-order valence-corrected chi connectivity index (χ1v) is 8.88. The van der Waals surface area contributed by atoms with Crippen molar-refractivity contribution in [3.8, 4) is 11.5 Å². The zero-order chi connectivity index (χ0) is 18.6. The molecule has 0 saturated carbocycles. The lowest BCUT2D eigenvalue weighted by Gasteiger charge is -2.18. The number of pyridine rings is 1. The third-order valence-electron chi connectivity index (χ3n) is 4.71. The van der Waals surface area contributed by atoms with Crippen molar-refractivity contribution in [2.45, 2.75) is 5.92 Å². The highest BCUT2D eigenvalue weighted by Crippen LogP contribution is 2.32. The molecule has 2 atom stereocenters. The lowest BCUT2D eigenvalue weighted by Crippen LogP contribution is -2.28. The molecule has 1 aromatic carbocycles. The Bertz CT molecular complexity index is 925.